The number of nitrogens with zero attached hydrogens (tertiary/aromatic N) is 2. The van der Waals surface area contributed by atoms with Crippen molar-refractivity contribution in [3.63, 3.8) is 0 Å². The van der Waals surface area contributed by atoms with Crippen LogP contribution in [-0.4, -0.2) is 27.9 Å². The average molecular weight is 514 g/mol. The molecule has 0 aliphatic carbocycles. The number of hydrogen-bond donors (Lipinski definition) is 1. The Morgan fingerprint density at radius 3 is 2.41 bits per heavy atom. The van der Waals surface area contributed by atoms with Gasteiger partial charge in [0, 0.05) is 35.7 Å². The van der Waals surface area contributed by atoms with E-state index in [0.29, 0.717) is 23.0 Å². The Hall–Kier alpha value is -4.30. The quantitative estimate of drug-likeness (QED) is 0.211. The summed E-state index contributed by atoms with van der Waals surface area (Å²) in [4.78, 5) is 34.8. The van der Waals surface area contributed by atoms with Gasteiger partial charge < -0.3 is 9.47 Å². The topological polar surface area (TPSA) is 90.4 Å². The van der Waals surface area contributed by atoms with Crippen molar-refractivity contribution in [2.45, 2.75) is 33.0 Å². The van der Waals surface area contributed by atoms with E-state index in [1.54, 1.807) is 18.3 Å². The van der Waals surface area contributed by atoms with Crippen LogP contribution in [0.4, 0.5) is 5.13 Å². The molecule has 0 saturated carbocycles. The molecule has 0 radical (unpaired) electrons. The summed E-state index contributed by atoms with van der Waals surface area (Å²) >= 11 is 1.37. The van der Waals surface area contributed by atoms with Gasteiger partial charge in [-0.25, -0.2) is 14.8 Å². The predicted octanol–water partition coefficient (Wildman–Crippen LogP) is 5.87. The van der Waals surface area contributed by atoms with Gasteiger partial charge >= 0.3 is 5.97 Å². The Bertz CT molecular complexity index is 1370. The van der Waals surface area contributed by atoms with Crippen molar-refractivity contribution in [3.05, 3.63) is 112 Å². The lowest BCUT2D eigenvalue weighted by molar-refractivity contribution is -0.138. The number of thiazole rings is 1. The molecule has 4 aromatic rings. The van der Waals surface area contributed by atoms with Gasteiger partial charge in [-0.05, 0) is 31.1 Å². The molecule has 7 nitrogen and oxygen atoms in total. The summed E-state index contributed by atoms with van der Waals surface area (Å²) in [5.41, 5.74) is 2.57. The second-order valence-corrected chi connectivity index (χ2v) is 9.62. The van der Waals surface area contributed by atoms with Gasteiger partial charge in [0.25, 0.3) is 5.91 Å². The number of nitrogens with one attached hydrogen (secondary N) is 1. The third-order valence-electron chi connectivity index (χ3n) is 5.21. The zero-order valence-electron chi connectivity index (χ0n) is 20.6. The second-order valence-electron chi connectivity index (χ2n) is 8.39. The van der Waals surface area contributed by atoms with Crippen LogP contribution in [0.5, 0.6) is 5.75 Å². The highest BCUT2D eigenvalue weighted by molar-refractivity contribution is 7.15. The van der Waals surface area contributed by atoms with Crippen LogP contribution in [0.2, 0.25) is 0 Å². The minimum absolute atomic E-state index is 0.148. The maximum atomic E-state index is 12.9. The summed E-state index contributed by atoms with van der Waals surface area (Å²) in [5, 5.41) is 3.25. The Labute approximate surface area is 219 Å². The molecular formula is C29H27N3O4S. The zero-order valence-corrected chi connectivity index (χ0v) is 21.4. The van der Waals surface area contributed by atoms with E-state index in [-0.39, 0.29) is 18.4 Å². The molecule has 1 atom stereocenters. The molecule has 0 unspecified atom stereocenters. The number of esters is 1. The van der Waals surface area contributed by atoms with Crippen molar-refractivity contribution in [2.75, 3.05) is 5.32 Å². The van der Waals surface area contributed by atoms with E-state index >= 15 is 0 Å². The van der Waals surface area contributed by atoms with Gasteiger partial charge in [0.15, 0.2) is 5.13 Å². The van der Waals surface area contributed by atoms with Crippen LogP contribution in [0.25, 0.3) is 6.08 Å². The van der Waals surface area contributed by atoms with Crippen LogP contribution >= 0.6 is 11.3 Å². The van der Waals surface area contributed by atoms with Crippen LogP contribution in [0.1, 0.15) is 39.1 Å². The summed E-state index contributed by atoms with van der Waals surface area (Å²) in [7, 11) is 0. The predicted molar refractivity (Wildman–Crippen MR) is 145 cm³/mol. The van der Waals surface area contributed by atoms with Crippen LogP contribution in [0.15, 0.2) is 85.1 Å². The molecular weight excluding hydrogens is 486 g/mol. The molecule has 1 amide bonds. The largest absolute Gasteiger partial charge is 0.490 e. The van der Waals surface area contributed by atoms with Crippen LogP contribution < -0.4 is 10.1 Å². The van der Waals surface area contributed by atoms with Crippen molar-refractivity contribution in [1.29, 1.82) is 0 Å². The van der Waals surface area contributed by atoms with Gasteiger partial charge in [-0.15, -0.1) is 11.3 Å². The highest BCUT2D eigenvalue weighted by Gasteiger charge is 2.15. The number of hydrogen-bond acceptors (Lipinski definition) is 7. The second kappa shape index (κ2) is 12.6. The SMILES string of the molecule is Cc1cnc(NC(=O)c2cc(O[C@@H](C)Cc3ccccc3)cc(/C=C/C(=O)OCc3ccccc3)n2)s1. The minimum Gasteiger partial charge on any atom is -0.490 e. The Balaban J connectivity index is 1.50. The maximum absolute atomic E-state index is 12.9. The van der Waals surface area contributed by atoms with E-state index < -0.39 is 11.9 Å². The number of carbonyl (C=O) groups excluding carboxylic acids is 2. The fourth-order valence-electron chi connectivity index (χ4n) is 3.52. The Morgan fingerprint density at radius 2 is 1.73 bits per heavy atom. The molecule has 2 aromatic heterocycles. The lowest BCUT2D eigenvalue weighted by Crippen LogP contribution is -2.17. The van der Waals surface area contributed by atoms with Gasteiger partial charge in [0.1, 0.15) is 18.1 Å². The molecule has 4 rings (SSSR count). The first kappa shape index (κ1) is 25.8. The monoisotopic (exact) mass is 513 g/mol. The van der Waals surface area contributed by atoms with Gasteiger partial charge in [-0.3, -0.25) is 10.1 Å². The van der Waals surface area contributed by atoms with Crippen molar-refractivity contribution in [1.82, 2.24) is 9.97 Å². The van der Waals surface area contributed by atoms with E-state index in [2.05, 4.69) is 15.3 Å². The number of benzene rings is 2. The highest BCUT2D eigenvalue weighted by atomic mass is 32.1. The van der Waals surface area contributed by atoms with Crippen molar-refractivity contribution in [3.8, 4) is 5.75 Å². The highest BCUT2D eigenvalue weighted by Crippen LogP contribution is 2.21. The summed E-state index contributed by atoms with van der Waals surface area (Å²) in [6, 6.07) is 22.7. The summed E-state index contributed by atoms with van der Waals surface area (Å²) in [6.45, 7) is 4.04. The van der Waals surface area contributed by atoms with Gasteiger partial charge in [0.2, 0.25) is 0 Å². The molecule has 0 bridgehead atoms. The first-order valence-corrected chi connectivity index (χ1v) is 12.6. The minimum atomic E-state index is -0.515. The number of rotatable bonds is 10. The normalized spacial score (nSPS) is 11.7. The maximum Gasteiger partial charge on any atom is 0.331 e. The number of ether oxygens (including phenoxy) is 2. The van der Waals surface area contributed by atoms with Crippen LogP contribution in [0, 0.1) is 6.92 Å². The van der Waals surface area contributed by atoms with E-state index in [9.17, 15) is 9.59 Å². The molecule has 0 aliphatic rings. The van der Waals surface area contributed by atoms with E-state index in [1.165, 1.54) is 23.5 Å². The summed E-state index contributed by atoms with van der Waals surface area (Å²) in [5.74, 6) is -0.466. The molecule has 37 heavy (non-hydrogen) atoms. The smallest absolute Gasteiger partial charge is 0.331 e. The Morgan fingerprint density at radius 1 is 1.03 bits per heavy atom. The average Bonchev–Trinajstić information content (AvgIpc) is 3.31. The fourth-order valence-corrected chi connectivity index (χ4v) is 4.18. The lowest BCUT2D eigenvalue weighted by Gasteiger charge is -2.16. The zero-order chi connectivity index (χ0) is 26.0. The van der Waals surface area contributed by atoms with Crippen molar-refractivity contribution < 1.29 is 19.1 Å². The van der Waals surface area contributed by atoms with Crippen LogP contribution in [0.3, 0.4) is 0 Å². The van der Waals surface area contributed by atoms with E-state index in [0.717, 1.165) is 16.0 Å². The molecule has 0 spiro atoms. The molecule has 0 saturated heterocycles. The van der Waals surface area contributed by atoms with Gasteiger partial charge in [0.05, 0.1) is 11.8 Å². The molecule has 0 aliphatic heterocycles. The van der Waals surface area contributed by atoms with Crippen molar-refractivity contribution >= 4 is 34.4 Å². The lowest BCUT2D eigenvalue weighted by atomic mass is 10.1. The number of pyridine rings is 1. The molecule has 8 heteroatoms. The fraction of sp³-hybridized carbons (Fsp3) is 0.172. The van der Waals surface area contributed by atoms with Crippen molar-refractivity contribution in [2.24, 2.45) is 0 Å². The number of aromatic nitrogens is 2. The number of amides is 1. The molecule has 0 fully saturated rings. The van der Waals surface area contributed by atoms with E-state index in [1.807, 2.05) is 74.5 Å². The number of carbonyl (C=O) groups is 2. The third kappa shape index (κ3) is 8.12. The third-order valence-corrected chi connectivity index (χ3v) is 6.04. The number of aryl methyl sites for hydroxylation is 1. The molecule has 2 aromatic carbocycles. The first-order valence-electron chi connectivity index (χ1n) is 11.8. The van der Waals surface area contributed by atoms with Gasteiger partial charge in [-0.2, -0.15) is 0 Å². The molecule has 188 valence electrons. The standard InChI is InChI=1S/C29H27N3O4S/c1-20(15-22-9-5-3-6-10-22)36-25-16-24(13-14-27(33)35-19-23-11-7-4-8-12-23)31-26(17-25)28(34)32-29-30-18-21(2)37-29/h3-14,16-18,20H,15,19H2,1-2H3,(H,30,32,34)/b14-13+/t20-/m0/s1. The van der Waals surface area contributed by atoms with Gasteiger partial charge in [-0.1, -0.05) is 60.7 Å². The number of anilines is 1. The van der Waals surface area contributed by atoms with Crippen LogP contribution in [-0.2, 0) is 22.6 Å². The van der Waals surface area contributed by atoms with E-state index in [4.69, 9.17) is 9.47 Å². The summed E-state index contributed by atoms with van der Waals surface area (Å²) < 4.78 is 11.4. The summed E-state index contributed by atoms with van der Waals surface area (Å²) in [6.07, 6.45) is 5.02. The molecule has 1 N–H and O–H groups in total. The molecule has 2 heterocycles. The Kier molecular flexibility index (Phi) is 8.78. The first-order chi connectivity index (χ1) is 17.9.